The fraction of sp³-hybridized carbons (Fsp3) is 0.938. The van der Waals surface area contributed by atoms with Crippen molar-refractivity contribution in [3.8, 4) is 0 Å². The number of hydrogen-bond acceptors (Lipinski definition) is 15. The first-order valence-corrected chi connectivity index (χ1v) is 36.4. The van der Waals surface area contributed by atoms with E-state index in [2.05, 4.69) is 48.5 Å². The predicted molar refractivity (Wildman–Crippen MR) is 331 cm³/mol. The van der Waals surface area contributed by atoms with Gasteiger partial charge in [0.1, 0.15) is 19.3 Å². The van der Waals surface area contributed by atoms with Gasteiger partial charge in [-0.25, -0.2) is 9.13 Å². The Labute approximate surface area is 505 Å². The molecule has 0 aliphatic carbocycles. The van der Waals surface area contributed by atoms with Gasteiger partial charge in [0.05, 0.1) is 26.4 Å². The predicted octanol–water partition coefficient (Wildman–Crippen LogP) is 17.5. The Kier molecular flexibility index (Phi) is 54.1. The van der Waals surface area contributed by atoms with E-state index in [1.54, 1.807) is 0 Å². The maximum atomic E-state index is 13.0. The molecule has 0 aromatic heterocycles. The quantitative estimate of drug-likeness (QED) is 0.0222. The van der Waals surface area contributed by atoms with Crippen molar-refractivity contribution in [2.75, 3.05) is 39.6 Å². The van der Waals surface area contributed by atoms with Gasteiger partial charge in [-0.05, 0) is 43.4 Å². The van der Waals surface area contributed by atoms with Crippen LogP contribution in [0.3, 0.4) is 0 Å². The maximum Gasteiger partial charge on any atom is 0.472 e. The van der Waals surface area contributed by atoms with Gasteiger partial charge in [0.15, 0.2) is 12.2 Å². The third kappa shape index (κ3) is 56.3. The number of carbonyl (C=O) groups excluding carboxylic acids is 4. The molecule has 0 spiro atoms. The standard InChI is InChI=1S/C64H124O17P2/c1-8-11-12-13-14-23-31-38-45-61(66)74-52-60(81-64(69)48-41-34-27-26-28-35-42-55(4)5)54-79-83(72,73)77-50-58(65)49-76-82(70,71)78-53-59(51-75-62(67)46-39-32-24-20-19-22-30-37-44-57(7)10-3)80-63(68)47-40-33-25-18-16-15-17-21-29-36-43-56(6)9-2/h55-60,65H,8-54H2,1-7H3,(H,70,71)(H,72,73)/t56?,57?,58-,59-,60-/m1/s1. The van der Waals surface area contributed by atoms with Crippen LogP contribution in [-0.2, 0) is 65.4 Å². The van der Waals surface area contributed by atoms with Gasteiger partial charge >= 0.3 is 39.5 Å². The van der Waals surface area contributed by atoms with Gasteiger partial charge < -0.3 is 33.8 Å². The summed E-state index contributed by atoms with van der Waals surface area (Å²) in [5.74, 6) is 0.108. The molecular weight excluding hydrogens is 1100 g/mol. The minimum atomic E-state index is -4.95. The topological polar surface area (TPSA) is 237 Å². The van der Waals surface area contributed by atoms with Crippen molar-refractivity contribution in [3.05, 3.63) is 0 Å². The van der Waals surface area contributed by atoms with Gasteiger partial charge in [-0.1, -0.05) is 260 Å². The molecule has 0 heterocycles. The number of ether oxygens (including phenoxy) is 4. The first-order valence-electron chi connectivity index (χ1n) is 33.4. The SMILES string of the molecule is CCCCCCCCCCC(=O)OC[C@H](COP(=O)(O)OC[C@H](O)COP(=O)(O)OC[C@@H](COC(=O)CCCCCCCCCCC(C)CC)OC(=O)CCCCCCCCCCCCC(C)CC)OC(=O)CCCCCCCCC(C)C. The molecule has 0 radical (unpaired) electrons. The zero-order valence-electron chi connectivity index (χ0n) is 53.6. The molecule has 0 aromatic rings. The van der Waals surface area contributed by atoms with Crippen molar-refractivity contribution in [1.82, 2.24) is 0 Å². The summed E-state index contributed by atoms with van der Waals surface area (Å²) in [6.07, 6.45) is 36.3. The third-order valence-electron chi connectivity index (χ3n) is 15.4. The Hall–Kier alpha value is -1.94. The Bertz CT molecular complexity index is 1650. The van der Waals surface area contributed by atoms with E-state index in [-0.39, 0.29) is 25.7 Å². The average molecular weight is 1230 g/mol. The number of phosphoric acid groups is 2. The summed E-state index contributed by atoms with van der Waals surface area (Å²) >= 11 is 0. The molecule has 4 unspecified atom stereocenters. The Balaban J connectivity index is 5.24. The molecule has 3 N–H and O–H groups in total. The van der Waals surface area contributed by atoms with Crippen LogP contribution in [0.4, 0.5) is 0 Å². The number of aliphatic hydroxyl groups excluding tert-OH is 1. The first kappa shape index (κ1) is 81.1. The smallest absolute Gasteiger partial charge is 0.462 e. The van der Waals surface area contributed by atoms with Crippen molar-refractivity contribution < 1.29 is 80.2 Å². The second-order valence-corrected chi connectivity index (χ2v) is 27.0. The van der Waals surface area contributed by atoms with Crippen LogP contribution in [0.1, 0.15) is 312 Å². The molecule has 0 rings (SSSR count). The van der Waals surface area contributed by atoms with E-state index in [1.165, 1.54) is 116 Å². The average Bonchev–Trinajstić information content (AvgIpc) is 3.45. The second-order valence-electron chi connectivity index (χ2n) is 24.1. The molecule has 0 saturated carbocycles. The lowest BCUT2D eigenvalue weighted by atomic mass is 9.99. The molecular formula is C64H124O17P2. The van der Waals surface area contributed by atoms with E-state index >= 15 is 0 Å². The van der Waals surface area contributed by atoms with Crippen LogP contribution in [-0.4, -0.2) is 96.7 Å². The van der Waals surface area contributed by atoms with Crippen molar-refractivity contribution in [3.63, 3.8) is 0 Å². The summed E-state index contributed by atoms with van der Waals surface area (Å²) in [5, 5.41) is 10.5. The van der Waals surface area contributed by atoms with Crippen molar-refractivity contribution in [1.29, 1.82) is 0 Å². The zero-order valence-corrected chi connectivity index (χ0v) is 55.4. The number of hydrogen-bond donors (Lipinski definition) is 3. The number of esters is 4. The molecule has 19 heteroatoms. The Morgan fingerprint density at radius 3 is 0.916 bits per heavy atom. The fourth-order valence-electron chi connectivity index (χ4n) is 9.42. The first-order chi connectivity index (χ1) is 39.8. The normalized spacial score (nSPS) is 15.0. The molecule has 0 saturated heterocycles. The van der Waals surface area contributed by atoms with E-state index in [9.17, 15) is 43.2 Å². The third-order valence-corrected chi connectivity index (χ3v) is 17.3. The van der Waals surface area contributed by atoms with Crippen molar-refractivity contribution >= 4 is 39.5 Å². The van der Waals surface area contributed by atoms with Crippen LogP contribution in [0.15, 0.2) is 0 Å². The van der Waals surface area contributed by atoms with E-state index in [1.807, 2.05) is 0 Å². The van der Waals surface area contributed by atoms with E-state index in [0.717, 1.165) is 108 Å². The molecule has 0 bridgehead atoms. The van der Waals surface area contributed by atoms with E-state index < -0.39 is 97.5 Å². The summed E-state index contributed by atoms with van der Waals surface area (Å²) in [5.41, 5.74) is 0. The molecule has 7 atom stereocenters. The lowest BCUT2D eigenvalue weighted by Crippen LogP contribution is -2.30. The van der Waals surface area contributed by atoms with Crippen molar-refractivity contribution in [2.24, 2.45) is 17.8 Å². The minimum absolute atomic E-state index is 0.101. The molecule has 0 aliphatic rings. The summed E-state index contributed by atoms with van der Waals surface area (Å²) < 4.78 is 67.9. The van der Waals surface area contributed by atoms with Crippen LogP contribution in [0.25, 0.3) is 0 Å². The Morgan fingerprint density at radius 1 is 0.349 bits per heavy atom. The van der Waals surface area contributed by atoms with Gasteiger partial charge in [-0.15, -0.1) is 0 Å². The molecule has 0 fully saturated rings. The summed E-state index contributed by atoms with van der Waals surface area (Å²) in [7, 11) is -9.89. The maximum absolute atomic E-state index is 13.0. The lowest BCUT2D eigenvalue weighted by Gasteiger charge is -2.21. The highest BCUT2D eigenvalue weighted by Crippen LogP contribution is 2.45. The molecule has 83 heavy (non-hydrogen) atoms. The van der Waals surface area contributed by atoms with Crippen LogP contribution in [0.5, 0.6) is 0 Å². The number of aliphatic hydroxyl groups is 1. The summed E-state index contributed by atoms with van der Waals surface area (Å²) in [6, 6.07) is 0. The van der Waals surface area contributed by atoms with Crippen LogP contribution < -0.4 is 0 Å². The second kappa shape index (κ2) is 55.4. The highest BCUT2D eigenvalue weighted by atomic mass is 31.2. The van der Waals surface area contributed by atoms with Crippen LogP contribution >= 0.6 is 15.6 Å². The Morgan fingerprint density at radius 2 is 0.614 bits per heavy atom. The number of rotatable bonds is 62. The summed E-state index contributed by atoms with van der Waals surface area (Å²) in [6.45, 7) is 11.7. The number of phosphoric ester groups is 2. The van der Waals surface area contributed by atoms with Gasteiger partial charge in [-0.3, -0.25) is 37.3 Å². The van der Waals surface area contributed by atoms with E-state index in [4.69, 9.17) is 37.0 Å². The lowest BCUT2D eigenvalue weighted by molar-refractivity contribution is -0.161. The van der Waals surface area contributed by atoms with Gasteiger partial charge in [0, 0.05) is 25.7 Å². The van der Waals surface area contributed by atoms with Crippen LogP contribution in [0, 0.1) is 17.8 Å². The monoisotopic (exact) mass is 1230 g/mol. The van der Waals surface area contributed by atoms with Gasteiger partial charge in [-0.2, -0.15) is 0 Å². The van der Waals surface area contributed by atoms with Gasteiger partial charge in [0.25, 0.3) is 0 Å². The zero-order chi connectivity index (χ0) is 61.7. The number of unbranched alkanes of at least 4 members (excludes halogenated alkanes) is 28. The van der Waals surface area contributed by atoms with Crippen LogP contribution in [0.2, 0.25) is 0 Å². The van der Waals surface area contributed by atoms with Gasteiger partial charge in [0.2, 0.25) is 0 Å². The number of carbonyl (C=O) groups is 4. The molecule has 492 valence electrons. The molecule has 17 nitrogen and oxygen atoms in total. The van der Waals surface area contributed by atoms with E-state index in [0.29, 0.717) is 31.6 Å². The molecule has 0 amide bonds. The largest absolute Gasteiger partial charge is 0.472 e. The minimum Gasteiger partial charge on any atom is -0.462 e. The van der Waals surface area contributed by atoms with Crippen molar-refractivity contribution in [2.45, 2.75) is 330 Å². The fourth-order valence-corrected chi connectivity index (χ4v) is 11.0. The molecule has 0 aromatic carbocycles. The summed E-state index contributed by atoms with van der Waals surface area (Å²) in [4.78, 5) is 72.1. The highest BCUT2D eigenvalue weighted by Gasteiger charge is 2.30. The molecule has 0 aliphatic heterocycles. The highest BCUT2D eigenvalue weighted by molar-refractivity contribution is 7.47.